The molecule has 8 nitrogen and oxygen atoms in total. The number of nitrogens with one attached hydrogen (secondary N) is 1. The van der Waals surface area contributed by atoms with E-state index in [0.29, 0.717) is 18.8 Å². The van der Waals surface area contributed by atoms with Crippen LogP contribution in [0.15, 0.2) is 53.4 Å². The van der Waals surface area contributed by atoms with Crippen molar-refractivity contribution in [2.24, 2.45) is 0 Å². The largest absolute Gasteiger partial charge is 0.449 e. The Balaban J connectivity index is 1.70. The lowest BCUT2D eigenvalue weighted by atomic mass is 10.2. The van der Waals surface area contributed by atoms with Crippen LogP contribution < -0.4 is 4.72 Å². The van der Waals surface area contributed by atoms with Crippen LogP contribution in [0.5, 0.6) is 0 Å². The molecule has 2 aromatic rings. The van der Waals surface area contributed by atoms with E-state index in [2.05, 4.69) is 4.72 Å². The molecule has 1 fully saturated rings. The molecule has 1 amide bonds. The number of amides is 1. The summed E-state index contributed by atoms with van der Waals surface area (Å²) >= 11 is 0. The molecule has 0 bridgehead atoms. The van der Waals surface area contributed by atoms with Crippen LogP contribution in [-0.2, 0) is 24.3 Å². The lowest BCUT2D eigenvalue weighted by Gasteiger charge is -2.36. The fraction of sp³-hybridized carbons (Fsp3) is 0.391. The van der Waals surface area contributed by atoms with E-state index in [-0.39, 0.29) is 28.6 Å². The number of sulfonamides is 1. The monoisotopic (exact) mass is 460 g/mol. The van der Waals surface area contributed by atoms with Crippen LogP contribution >= 0.6 is 0 Å². The minimum absolute atomic E-state index is 0.0421. The molecule has 1 aliphatic heterocycles. The van der Waals surface area contributed by atoms with Crippen LogP contribution in [0.3, 0.4) is 0 Å². The molecule has 9 heteroatoms. The molecular formula is C23H28N2O6S. The molecule has 0 radical (unpaired) electrons. The van der Waals surface area contributed by atoms with Crippen molar-refractivity contribution in [2.75, 3.05) is 17.8 Å². The Hall–Kier alpha value is -2.91. The van der Waals surface area contributed by atoms with Gasteiger partial charge < -0.3 is 14.4 Å². The maximum Gasteiger partial charge on any atom is 0.338 e. The summed E-state index contributed by atoms with van der Waals surface area (Å²) in [5.74, 6) is -1.09. The van der Waals surface area contributed by atoms with Gasteiger partial charge in [0.15, 0.2) is 6.10 Å². The molecule has 2 aromatic carbocycles. The first-order valence-electron chi connectivity index (χ1n) is 10.4. The highest BCUT2D eigenvalue weighted by Gasteiger charge is 2.30. The van der Waals surface area contributed by atoms with Gasteiger partial charge in [0.25, 0.3) is 15.9 Å². The third-order valence-electron chi connectivity index (χ3n) is 5.01. The number of anilines is 1. The fourth-order valence-electron chi connectivity index (χ4n) is 3.61. The average Bonchev–Trinajstić information content (AvgIpc) is 2.72. The number of hydrogen-bond donors (Lipinski definition) is 1. The van der Waals surface area contributed by atoms with Crippen LogP contribution in [0.4, 0.5) is 5.69 Å². The number of carbonyl (C=O) groups is 2. The van der Waals surface area contributed by atoms with E-state index in [1.807, 2.05) is 26.8 Å². The lowest BCUT2D eigenvalue weighted by molar-refractivity contribution is -0.151. The van der Waals surface area contributed by atoms with Gasteiger partial charge in [-0.05, 0) is 63.6 Å². The first-order valence-corrected chi connectivity index (χ1v) is 11.9. The Morgan fingerprint density at radius 2 is 1.75 bits per heavy atom. The molecule has 32 heavy (non-hydrogen) atoms. The van der Waals surface area contributed by atoms with Crippen molar-refractivity contribution < 1.29 is 27.5 Å². The number of ether oxygens (including phenoxy) is 2. The van der Waals surface area contributed by atoms with Gasteiger partial charge >= 0.3 is 5.97 Å². The van der Waals surface area contributed by atoms with Crippen molar-refractivity contribution in [1.29, 1.82) is 0 Å². The van der Waals surface area contributed by atoms with Crippen LogP contribution in [0.2, 0.25) is 0 Å². The summed E-state index contributed by atoms with van der Waals surface area (Å²) in [7, 11) is -3.91. The predicted molar refractivity (Wildman–Crippen MR) is 120 cm³/mol. The van der Waals surface area contributed by atoms with Gasteiger partial charge in [0.1, 0.15) is 0 Å². The predicted octanol–water partition coefficient (Wildman–Crippen LogP) is 2.98. The molecule has 0 saturated carbocycles. The minimum atomic E-state index is -3.91. The summed E-state index contributed by atoms with van der Waals surface area (Å²) < 4.78 is 39.0. The fourth-order valence-corrected chi connectivity index (χ4v) is 4.70. The van der Waals surface area contributed by atoms with Crippen molar-refractivity contribution in [3.63, 3.8) is 0 Å². The van der Waals surface area contributed by atoms with E-state index in [1.54, 1.807) is 23.1 Å². The highest BCUT2D eigenvalue weighted by atomic mass is 32.2. The van der Waals surface area contributed by atoms with Crippen molar-refractivity contribution >= 4 is 27.6 Å². The van der Waals surface area contributed by atoms with E-state index < -0.39 is 22.1 Å². The van der Waals surface area contributed by atoms with E-state index in [1.165, 1.54) is 31.2 Å². The van der Waals surface area contributed by atoms with E-state index in [0.717, 1.165) is 5.56 Å². The number of morpholine rings is 1. The Kier molecular flexibility index (Phi) is 7.20. The molecule has 3 atom stereocenters. The summed E-state index contributed by atoms with van der Waals surface area (Å²) in [6.45, 7) is 7.96. The zero-order valence-electron chi connectivity index (χ0n) is 18.6. The van der Waals surface area contributed by atoms with Gasteiger partial charge in [0, 0.05) is 18.8 Å². The smallest absolute Gasteiger partial charge is 0.338 e. The molecule has 172 valence electrons. The van der Waals surface area contributed by atoms with Gasteiger partial charge in [0.2, 0.25) is 0 Å². The minimum Gasteiger partial charge on any atom is -0.449 e. The third-order valence-corrected chi connectivity index (χ3v) is 6.39. The van der Waals surface area contributed by atoms with Crippen LogP contribution in [0, 0.1) is 6.92 Å². The quantitative estimate of drug-likeness (QED) is 0.665. The normalized spacial score (nSPS) is 19.8. The Labute approximate surface area is 188 Å². The van der Waals surface area contributed by atoms with Crippen molar-refractivity contribution in [3.05, 3.63) is 59.7 Å². The number of benzene rings is 2. The molecule has 1 heterocycles. The average molecular weight is 461 g/mol. The molecule has 1 saturated heterocycles. The lowest BCUT2D eigenvalue weighted by Crippen LogP contribution is -2.51. The van der Waals surface area contributed by atoms with Gasteiger partial charge in [-0.25, -0.2) is 13.2 Å². The molecule has 1 aliphatic rings. The Bertz CT molecular complexity index is 1090. The number of hydrogen-bond acceptors (Lipinski definition) is 6. The maximum absolute atomic E-state index is 12.8. The number of esters is 1. The molecule has 0 spiro atoms. The van der Waals surface area contributed by atoms with Gasteiger partial charge in [-0.2, -0.15) is 0 Å². The number of carbonyl (C=O) groups excluding carboxylic acids is 2. The molecule has 0 aliphatic carbocycles. The summed E-state index contributed by atoms with van der Waals surface area (Å²) in [5.41, 5.74) is 1.37. The first-order chi connectivity index (χ1) is 15.0. The van der Waals surface area contributed by atoms with E-state index in [9.17, 15) is 18.0 Å². The summed E-state index contributed by atoms with van der Waals surface area (Å²) in [5, 5.41) is 0. The molecule has 0 aromatic heterocycles. The summed E-state index contributed by atoms with van der Waals surface area (Å²) in [6.07, 6.45) is -1.22. The standard InChI is InChI=1S/C23H28N2O6S/c1-15-7-5-9-20(11-15)24-32(28,29)21-10-6-8-19(12-21)23(27)31-18(4)22(26)25-13-16(2)30-17(3)14-25/h5-12,16-18,24H,13-14H2,1-4H3. The Morgan fingerprint density at radius 1 is 1.09 bits per heavy atom. The van der Waals surface area contributed by atoms with E-state index >= 15 is 0 Å². The number of nitrogens with zero attached hydrogens (tertiary/aromatic N) is 1. The highest BCUT2D eigenvalue weighted by molar-refractivity contribution is 7.92. The van der Waals surface area contributed by atoms with Gasteiger partial charge in [-0.1, -0.05) is 18.2 Å². The SMILES string of the molecule is Cc1cccc(NS(=O)(=O)c2cccc(C(=O)OC(C)C(=O)N3CC(C)OC(C)C3)c2)c1. The van der Waals surface area contributed by atoms with Crippen LogP contribution in [0.25, 0.3) is 0 Å². The summed E-state index contributed by atoms with van der Waals surface area (Å²) in [4.78, 5) is 26.9. The number of rotatable bonds is 6. The van der Waals surface area contributed by atoms with E-state index in [4.69, 9.17) is 9.47 Å². The zero-order chi connectivity index (χ0) is 23.5. The highest BCUT2D eigenvalue weighted by Crippen LogP contribution is 2.19. The van der Waals surface area contributed by atoms with Crippen LogP contribution in [0.1, 0.15) is 36.7 Å². The van der Waals surface area contributed by atoms with Gasteiger partial charge in [-0.15, -0.1) is 0 Å². The summed E-state index contributed by atoms with van der Waals surface area (Å²) in [6, 6.07) is 12.5. The molecule has 1 N–H and O–H groups in total. The second-order valence-corrected chi connectivity index (χ2v) is 9.73. The van der Waals surface area contributed by atoms with Gasteiger partial charge in [0.05, 0.1) is 22.7 Å². The number of aryl methyl sites for hydroxylation is 1. The molecular weight excluding hydrogens is 432 g/mol. The van der Waals surface area contributed by atoms with Crippen molar-refractivity contribution in [1.82, 2.24) is 4.90 Å². The second kappa shape index (κ2) is 9.70. The maximum atomic E-state index is 12.8. The van der Waals surface area contributed by atoms with Crippen molar-refractivity contribution in [2.45, 2.75) is 50.9 Å². The van der Waals surface area contributed by atoms with Gasteiger partial charge in [-0.3, -0.25) is 9.52 Å². The van der Waals surface area contributed by atoms with Crippen molar-refractivity contribution in [3.8, 4) is 0 Å². The first kappa shape index (κ1) is 23.7. The second-order valence-electron chi connectivity index (χ2n) is 8.05. The Morgan fingerprint density at radius 3 is 2.41 bits per heavy atom. The zero-order valence-corrected chi connectivity index (χ0v) is 19.4. The molecule has 3 unspecified atom stereocenters. The topological polar surface area (TPSA) is 102 Å². The van der Waals surface area contributed by atoms with Crippen LogP contribution in [-0.4, -0.2) is 56.6 Å². The third kappa shape index (κ3) is 5.86. The molecule has 3 rings (SSSR count).